The summed E-state index contributed by atoms with van der Waals surface area (Å²) in [5.74, 6) is 3.38. The Labute approximate surface area is 187 Å². The predicted molar refractivity (Wildman–Crippen MR) is 123 cm³/mol. The average Bonchev–Trinajstić information content (AvgIpc) is 3.68. The number of hydrogen-bond donors (Lipinski definition) is 1. The third kappa shape index (κ3) is 5.39. The standard InChI is InChI=1S/C24H27N5OS/c1-2-3-16-13-21(25-14-16)26-23-27-22(18-8-9-18)28-24(29-23)31-19-10-4-15(5-11-19)12-20(30)17-6-7-17/h4-5,10-11,13,17-18H,2-3,6-9,12,14H2,1H3,(H,25,26,27,28,29). The molecule has 31 heavy (non-hydrogen) atoms. The van der Waals surface area contributed by atoms with Crippen LogP contribution >= 0.6 is 11.8 Å². The number of aromatic nitrogens is 3. The van der Waals surface area contributed by atoms with Crippen molar-refractivity contribution in [3.05, 3.63) is 47.3 Å². The van der Waals surface area contributed by atoms with E-state index in [1.807, 2.05) is 12.1 Å². The summed E-state index contributed by atoms with van der Waals surface area (Å²) in [6, 6.07) is 8.18. The van der Waals surface area contributed by atoms with Crippen LogP contribution in [0.25, 0.3) is 0 Å². The summed E-state index contributed by atoms with van der Waals surface area (Å²) in [6.45, 7) is 2.94. The molecule has 7 heteroatoms. The molecule has 3 aliphatic rings. The number of Topliss-reactive ketones (excluding diaryl/α,β-unsaturated/α-hetero) is 1. The summed E-state index contributed by atoms with van der Waals surface area (Å²) in [4.78, 5) is 31.7. The van der Waals surface area contributed by atoms with Crippen LogP contribution in [0.5, 0.6) is 0 Å². The number of rotatable bonds is 9. The molecular weight excluding hydrogens is 406 g/mol. The van der Waals surface area contributed by atoms with Crippen LogP contribution < -0.4 is 5.32 Å². The minimum absolute atomic E-state index is 0.309. The summed E-state index contributed by atoms with van der Waals surface area (Å²) in [6.07, 6.45) is 9.25. The Morgan fingerprint density at radius 3 is 2.61 bits per heavy atom. The average molecular weight is 434 g/mol. The lowest BCUT2D eigenvalue weighted by molar-refractivity contribution is -0.119. The summed E-state index contributed by atoms with van der Waals surface area (Å²) < 4.78 is 0. The van der Waals surface area contributed by atoms with E-state index in [1.54, 1.807) is 0 Å². The molecule has 0 radical (unpaired) electrons. The molecule has 0 saturated heterocycles. The molecule has 6 nitrogen and oxygen atoms in total. The number of amidine groups is 1. The van der Waals surface area contributed by atoms with Gasteiger partial charge in [-0.25, -0.2) is 4.98 Å². The highest BCUT2D eigenvalue weighted by atomic mass is 32.2. The van der Waals surface area contributed by atoms with Crippen LogP contribution in [0.2, 0.25) is 0 Å². The Bertz CT molecular complexity index is 1040. The van der Waals surface area contributed by atoms with E-state index in [9.17, 15) is 4.79 Å². The van der Waals surface area contributed by atoms with Gasteiger partial charge in [0.15, 0.2) is 5.16 Å². The summed E-state index contributed by atoms with van der Waals surface area (Å²) in [7, 11) is 0. The van der Waals surface area contributed by atoms with Gasteiger partial charge in [0.1, 0.15) is 17.4 Å². The van der Waals surface area contributed by atoms with Crippen molar-refractivity contribution in [1.82, 2.24) is 15.0 Å². The number of hydrogen-bond acceptors (Lipinski definition) is 7. The van der Waals surface area contributed by atoms with Gasteiger partial charge in [-0.05, 0) is 73.2 Å². The van der Waals surface area contributed by atoms with Crippen molar-refractivity contribution < 1.29 is 4.79 Å². The number of carbonyl (C=O) groups excluding carboxylic acids is 1. The van der Waals surface area contributed by atoms with Gasteiger partial charge in [-0.3, -0.25) is 9.79 Å². The normalized spacial score (nSPS) is 18.0. The Balaban J connectivity index is 1.29. The van der Waals surface area contributed by atoms with Crippen molar-refractivity contribution in [2.45, 2.75) is 67.8 Å². The summed E-state index contributed by atoms with van der Waals surface area (Å²) in [5.41, 5.74) is 2.42. The maximum absolute atomic E-state index is 12.0. The molecule has 2 fully saturated rings. The van der Waals surface area contributed by atoms with Crippen LogP contribution in [0.1, 0.15) is 62.8 Å². The van der Waals surface area contributed by atoms with Gasteiger partial charge >= 0.3 is 0 Å². The SMILES string of the molecule is CCCC1=CC(Nc2nc(Sc3ccc(CC(=O)C4CC4)cc3)nc(C3CC3)n2)=NC1. The number of ketones is 1. The highest BCUT2D eigenvalue weighted by molar-refractivity contribution is 7.99. The summed E-state index contributed by atoms with van der Waals surface area (Å²) >= 11 is 1.53. The van der Waals surface area contributed by atoms with E-state index in [2.05, 4.69) is 45.4 Å². The van der Waals surface area contributed by atoms with E-state index in [0.29, 0.717) is 35.1 Å². The molecule has 2 heterocycles. The number of benzene rings is 1. The molecule has 1 aromatic carbocycles. The van der Waals surface area contributed by atoms with Gasteiger partial charge in [-0.15, -0.1) is 0 Å². The van der Waals surface area contributed by atoms with Crippen LogP contribution in [0.15, 0.2) is 51.0 Å². The third-order valence-electron chi connectivity index (χ3n) is 5.72. The maximum Gasteiger partial charge on any atom is 0.232 e. The molecule has 160 valence electrons. The van der Waals surface area contributed by atoms with E-state index in [-0.39, 0.29) is 0 Å². The largest absolute Gasteiger partial charge is 0.309 e. The van der Waals surface area contributed by atoms with Gasteiger partial charge in [0.2, 0.25) is 5.95 Å². The van der Waals surface area contributed by atoms with Crippen LogP contribution in [-0.2, 0) is 11.2 Å². The molecule has 0 spiro atoms. The topological polar surface area (TPSA) is 80.1 Å². The molecule has 2 saturated carbocycles. The van der Waals surface area contributed by atoms with Crippen LogP contribution in [0.3, 0.4) is 0 Å². The number of nitrogens with zero attached hydrogens (tertiary/aromatic N) is 4. The Morgan fingerprint density at radius 1 is 1.10 bits per heavy atom. The van der Waals surface area contributed by atoms with E-state index in [1.165, 1.54) is 17.3 Å². The highest BCUT2D eigenvalue weighted by Gasteiger charge is 2.29. The van der Waals surface area contributed by atoms with Crippen molar-refractivity contribution in [1.29, 1.82) is 0 Å². The highest BCUT2D eigenvalue weighted by Crippen LogP contribution is 2.39. The van der Waals surface area contributed by atoms with Gasteiger partial charge in [0.25, 0.3) is 0 Å². The van der Waals surface area contributed by atoms with Crippen molar-refractivity contribution in [2.75, 3.05) is 11.9 Å². The second-order valence-corrected chi connectivity index (χ2v) is 9.66. The lowest BCUT2D eigenvalue weighted by Gasteiger charge is -2.08. The van der Waals surface area contributed by atoms with Crippen molar-refractivity contribution in [2.24, 2.45) is 10.9 Å². The monoisotopic (exact) mass is 433 g/mol. The number of nitrogens with one attached hydrogen (secondary N) is 1. The fourth-order valence-electron chi connectivity index (χ4n) is 3.66. The lowest BCUT2D eigenvalue weighted by atomic mass is 10.1. The Hall–Kier alpha value is -2.54. The van der Waals surface area contributed by atoms with Gasteiger partial charge in [0.05, 0.1) is 6.54 Å². The number of carbonyl (C=O) groups is 1. The molecule has 0 amide bonds. The van der Waals surface area contributed by atoms with Gasteiger partial charge < -0.3 is 5.32 Å². The first-order valence-corrected chi connectivity index (χ1v) is 12.0. The first-order valence-electron chi connectivity index (χ1n) is 11.2. The zero-order valence-electron chi connectivity index (χ0n) is 17.8. The summed E-state index contributed by atoms with van der Waals surface area (Å²) in [5, 5.41) is 3.98. The van der Waals surface area contributed by atoms with Crippen LogP contribution in [0, 0.1) is 5.92 Å². The molecule has 0 atom stereocenters. The zero-order chi connectivity index (χ0) is 21.2. The smallest absolute Gasteiger partial charge is 0.232 e. The first-order chi connectivity index (χ1) is 15.2. The Kier molecular flexibility index (Phi) is 5.85. The predicted octanol–water partition coefficient (Wildman–Crippen LogP) is 4.97. The van der Waals surface area contributed by atoms with Crippen LogP contribution in [0.4, 0.5) is 5.95 Å². The second-order valence-electron chi connectivity index (χ2n) is 8.62. The van der Waals surface area contributed by atoms with Crippen molar-refractivity contribution >= 4 is 29.3 Å². The maximum atomic E-state index is 12.0. The van der Waals surface area contributed by atoms with Gasteiger partial charge in [-0.2, -0.15) is 9.97 Å². The van der Waals surface area contributed by atoms with Crippen molar-refractivity contribution in [3.63, 3.8) is 0 Å². The van der Waals surface area contributed by atoms with E-state index < -0.39 is 0 Å². The fraction of sp³-hybridized carbons (Fsp3) is 0.458. The zero-order valence-corrected chi connectivity index (χ0v) is 18.6. The van der Waals surface area contributed by atoms with Gasteiger partial charge in [-0.1, -0.05) is 25.5 Å². The minimum atomic E-state index is 0.309. The molecule has 0 unspecified atom stereocenters. The van der Waals surface area contributed by atoms with Crippen molar-refractivity contribution in [3.8, 4) is 0 Å². The van der Waals surface area contributed by atoms with E-state index >= 15 is 0 Å². The minimum Gasteiger partial charge on any atom is -0.309 e. The molecule has 1 aromatic heterocycles. The molecule has 2 aliphatic carbocycles. The molecule has 1 N–H and O–H groups in total. The molecule has 5 rings (SSSR count). The number of anilines is 1. The Morgan fingerprint density at radius 2 is 1.90 bits per heavy atom. The van der Waals surface area contributed by atoms with Crippen LogP contribution in [-0.4, -0.2) is 33.1 Å². The first kappa shape index (κ1) is 20.4. The van der Waals surface area contributed by atoms with E-state index in [4.69, 9.17) is 4.98 Å². The number of aliphatic imine (C=N–C) groups is 1. The van der Waals surface area contributed by atoms with E-state index in [0.717, 1.165) is 67.2 Å². The lowest BCUT2D eigenvalue weighted by Crippen LogP contribution is -2.12. The van der Waals surface area contributed by atoms with Gasteiger partial charge in [0, 0.05) is 23.2 Å². The molecule has 1 aliphatic heterocycles. The molecule has 2 aromatic rings. The fourth-order valence-corrected chi connectivity index (χ4v) is 4.42. The molecule has 0 bridgehead atoms. The quantitative estimate of drug-likeness (QED) is 0.601. The third-order valence-corrected chi connectivity index (χ3v) is 6.60. The second kappa shape index (κ2) is 8.91. The molecular formula is C24H27N5OS.